The van der Waals surface area contributed by atoms with Crippen LogP contribution in [0.5, 0.6) is 5.75 Å². The van der Waals surface area contributed by atoms with Crippen LogP contribution in [0.3, 0.4) is 0 Å². The molecule has 1 aliphatic heterocycles. The average Bonchev–Trinajstić information content (AvgIpc) is 3.16. The Labute approximate surface area is 141 Å². The number of pyridine rings is 1. The first-order valence-corrected chi connectivity index (χ1v) is 8.28. The Kier molecular flexibility index (Phi) is 3.91. The Morgan fingerprint density at radius 1 is 1.17 bits per heavy atom. The van der Waals surface area contributed by atoms with Gasteiger partial charge < -0.3 is 10.1 Å². The number of carbonyl (C=O) groups is 1. The summed E-state index contributed by atoms with van der Waals surface area (Å²) in [7, 11) is 0. The third-order valence-electron chi connectivity index (χ3n) is 4.31. The molecular formula is C19H19N3O2. The first-order chi connectivity index (χ1) is 11.8. The summed E-state index contributed by atoms with van der Waals surface area (Å²) in [6, 6.07) is 13.2. The van der Waals surface area contributed by atoms with Gasteiger partial charge in [0.2, 0.25) is 0 Å². The Bertz CT molecular complexity index is 786. The van der Waals surface area contributed by atoms with E-state index in [9.17, 15) is 4.79 Å². The smallest absolute Gasteiger partial charge is 0.327 e. The van der Waals surface area contributed by atoms with Crippen molar-refractivity contribution in [3.63, 3.8) is 0 Å². The van der Waals surface area contributed by atoms with Crippen molar-refractivity contribution < 1.29 is 9.53 Å². The van der Waals surface area contributed by atoms with Crippen molar-refractivity contribution in [1.29, 1.82) is 0 Å². The number of carbonyl (C=O) groups excluding carboxylic acids is 1. The zero-order chi connectivity index (χ0) is 16.4. The number of aromatic nitrogens is 1. The van der Waals surface area contributed by atoms with Gasteiger partial charge in [0.15, 0.2) is 11.6 Å². The molecule has 0 radical (unpaired) electrons. The molecule has 2 aliphatic rings. The molecule has 1 aromatic heterocycles. The third-order valence-corrected chi connectivity index (χ3v) is 4.31. The van der Waals surface area contributed by atoms with E-state index in [1.807, 2.05) is 42.5 Å². The average molecular weight is 321 g/mol. The summed E-state index contributed by atoms with van der Waals surface area (Å²) in [5.74, 6) is 1.26. The summed E-state index contributed by atoms with van der Waals surface area (Å²) in [6.45, 7) is 0.958. The van der Waals surface area contributed by atoms with E-state index < -0.39 is 0 Å². The van der Waals surface area contributed by atoms with E-state index in [2.05, 4.69) is 11.4 Å². The molecule has 5 nitrogen and oxygen atoms in total. The number of nitrogens with one attached hydrogen (secondary N) is 1. The molecule has 0 saturated heterocycles. The predicted octanol–water partition coefficient (Wildman–Crippen LogP) is 4.08. The van der Waals surface area contributed by atoms with Crippen molar-refractivity contribution >= 4 is 23.1 Å². The van der Waals surface area contributed by atoms with Crippen LogP contribution in [0.4, 0.5) is 16.3 Å². The van der Waals surface area contributed by atoms with Gasteiger partial charge in [0.1, 0.15) is 6.61 Å². The molecule has 4 rings (SSSR count). The minimum absolute atomic E-state index is 0.184. The summed E-state index contributed by atoms with van der Waals surface area (Å²) in [4.78, 5) is 19.0. The molecule has 1 aliphatic carbocycles. The van der Waals surface area contributed by atoms with Crippen LogP contribution in [-0.2, 0) is 0 Å². The zero-order valence-corrected chi connectivity index (χ0v) is 13.4. The molecule has 2 aromatic rings. The van der Waals surface area contributed by atoms with E-state index in [1.54, 1.807) is 4.90 Å². The minimum atomic E-state index is -0.184. The van der Waals surface area contributed by atoms with Crippen LogP contribution in [0.25, 0.3) is 5.57 Å². The molecule has 2 heterocycles. The van der Waals surface area contributed by atoms with Gasteiger partial charge in [-0.3, -0.25) is 4.90 Å². The lowest BCUT2D eigenvalue weighted by Crippen LogP contribution is -2.41. The third kappa shape index (κ3) is 2.85. The monoisotopic (exact) mass is 321 g/mol. The van der Waals surface area contributed by atoms with Crippen LogP contribution in [0.15, 0.2) is 48.5 Å². The summed E-state index contributed by atoms with van der Waals surface area (Å²) in [5, 5.41) is 2.92. The zero-order valence-electron chi connectivity index (χ0n) is 13.4. The van der Waals surface area contributed by atoms with Gasteiger partial charge in [0.05, 0.1) is 12.2 Å². The van der Waals surface area contributed by atoms with Crippen molar-refractivity contribution in [2.45, 2.75) is 19.3 Å². The molecule has 0 unspecified atom stereocenters. The van der Waals surface area contributed by atoms with Crippen molar-refractivity contribution in [2.75, 3.05) is 23.4 Å². The second-order valence-corrected chi connectivity index (χ2v) is 5.94. The summed E-state index contributed by atoms with van der Waals surface area (Å²) >= 11 is 0. The standard InChI is InChI=1S/C19H19N3O2/c23-19(20-15-8-2-1-3-9-15)22-12-13-24-17-11-10-16(21-18(17)22)14-6-4-5-7-14/h1-3,6,8-11H,4-5,7,12-13H2,(H,20,23). The molecule has 0 spiro atoms. The lowest BCUT2D eigenvalue weighted by Gasteiger charge is -2.29. The predicted molar refractivity (Wildman–Crippen MR) is 94.4 cm³/mol. The molecule has 0 fully saturated rings. The fraction of sp³-hybridized carbons (Fsp3) is 0.263. The van der Waals surface area contributed by atoms with Crippen molar-refractivity contribution in [3.8, 4) is 5.75 Å². The number of fused-ring (bicyclic) bond motifs is 1. The fourth-order valence-electron chi connectivity index (χ4n) is 3.09. The Morgan fingerprint density at radius 2 is 2.04 bits per heavy atom. The van der Waals surface area contributed by atoms with E-state index in [4.69, 9.17) is 9.72 Å². The number of ether oxygens (including phenoxy) is 1. The second-order valence-electron chi connectivity index (χ2n) is 5.94. The normalized spacial score (nSPS) is 16.2. The molecule has 0 atom stereocenters. The first kappa shape index (κ1) is 14.8. The molecule has 122 valence electrons. The van der Waals surface area contributed by atoms with Crippen LogP contribution >= 0.6 is 0 Å². The number of amides is 2. The first-order valence-electron chi connectivity index (χ1n) is 8.28. The molecular weight excluding hydrogens is 302 g/mol. The number of hydrogen-bond donors (Lipinski definition) is 1. The van der Waals surface area contributed by atoms with Crippen LogP contribution < -0.4 is 15.0 Å². The maximum Gasteiger partial charge on any atom is 0.327 e. The molecule has 1 aromatic carbocycles. The highest BCUT2D eigenvalue weighted by Gasteiger charge is 2.26. The van der Waals surface area contributed by atoms with Gasteiger partial charge in [-0.25, -0.2) is 9.78 Å². The molecule has 2 amide bonds. The van der Waals surface area contributed by atoms with E-state index >= 15 is 0 Å². The molecule has 24 heavy (non-hydrogen) atoms. The highest BCUT2D eigenvalue weighted by Crippen LogP contribution is 2.34. The second kappa shape index (κ2) is 6.35. The lowest BCUT2D eigenvalue weighted by atomic mass is 10.1. The van der Waals surface area contributed by atoms with E-state index in [1.165, 1.54) is 12.0 Å². The summed E-state index contributed by atoms with van der Waals surface area (Å²) in [5.41, 5.74) is 2.96. The summed E-state index contributed by atoms with van der Waals surface area (Å²) < 4.78 is 5.67. The van der Waals surface area contributed by atoms with E-state index in [0.717, 1.165) is 24.2 Å². The lowest BCUT2D eigenvalue weighted by molar-refractivity contribution is 0.249. The number of rotatable bonds is 2. The quantitative estimate of drug-likeness (QED) is 0.907. The Hall–Kier alpha value is -2.82. The SMILES string of the molecule is O=C(Nc1ccccc1)N1CCOc2ccc(C3=CCCC3)nc21. The van der Waals surface area contributed by atoms with Crippen LogP contribution in [0.2, 0.25) is 0 Å². The topological polar surface area (TPSA) is 54.5 Å². The number of allylic oxidation sites excluding steroid dienone is 2. The van der Waals surface area contributed by atoms with Gasteiger partial charge in [-0.2, -0.15) is 0 Å². The van der Waals surface area contributed by atoms with E-state index in [-0.39, 0.29) is 6.03 Å². The van der Waals surface area contributed by atoms with Crippen LogP contribution in [0.1, 0.15) is 25.0 Å². The van der Waals surface area contributed by atoms with Gasteiger partial charge in [-0.05, 0) is 49.1 Å². The minimum Gasteiger partial charge on any atom is -0.488 e. The maximum absolute atomic E-state index is 12.7. The van der Waals surface area contributed by atoms with Gasteiger partial charge in [-0.1, -0.05) is 24.3 Å². The number of hydrogen-bond acceptors (Lipinski definition) is 3. The number of benzene rings is 1. The van der Waals surface area contributed by atoms with Gasteiger partial charge in [-0.15, -0.1) is 0 Å². The Morgan fingerprint density at radius 3 is 2.83 bits per heavy atom. The largest absolute Gasteiger partial charge is 0.488 e. The number of nitrogens with zero attached hydrogens (tertiary/aromatic N) is 2. The van der Waals surface area contributed by atoms with Crippen LogP contribution in [-0.4, -0.2) is 24.2 Å². The number of para-hydroxylation sites is 1. The molecule has 1 N–H and O–H groups in total. The van der Waals surface area contributed by atoms with Crippen molar-refractivity contribution in [2.24, 2.45) is 0 Å². The number of urea groups is 1. The van der Waals surface area contributed by atoms with Crippen LogP contribution in [0, 0.1) is 0 Å². The molecule has 5 heteroatoms. The summed E-state index contributed by atoms with van der Waals surface area (Å²) in [6.07, 6.45) is 5.54. The van der Waals surface area contributed by atoms with Crippen molar-refractivity contribution in [1.82, 2.24) is 4.98 Å². The van der Waals surface area contributed by atoms with Gasteiger partial charge in [0, 0.05) is 5.69 Å². The fourth-order valence-corrected chi connectivity index (χ4v) is 3.09. The van der Waals surface area contributed by atoms with Gasteiger partial charge in [0.25, 0.3) is 0 Å². The Balaban J connectivity index is 1.62. The number of anilines is 2. The van der Waals surface area contributed by atoms with Crippen molar-refractivity contribution in [3.05, 3.63) is 54.2 Å². The molecule has 0 bridgehead atoms. The highest BCUT2D eigenvalue weighted by molar-refractivity contribution is 6.02. The van der Waals surface area contributed by atoms with E-state index in [0.29, 0.717) is 24.7 Å². The van der Waals surface area contributed by atoms with Gasteiger partial charge >= 0.3 is 6.03 Å². The highest BCUT2D eigenvalue weighted by atomic mass is 16.5. The molecule has 0 saturated carbocycles. The maximum atomic E-state index is 12.7.